The summed E-state index contributed by atoms with van der Waals surface area (Å²) in [7, 11) is 0. The van der Waals surface area contributed by atoms with E-state index in [1.165, 1.54) is 37.7 Å². The highest BCUT2D eigenvalue weighted by Crippen LogP contribution is 2.47. The first-order chi connectivity index (χ1) is 10.2. The minimum absolute atomic E-state index is 0.186. The van der Waals surface area contributed by atoms with Gasteiger partial charge in [-0.05, 0) is 44.7 Å². The summed E-state index contributed by atoms with van der Waals surface area (Å²) < 4.78 is 0. The number of hydrogen-bond acceptors (Lipinski definition) is 2. The molecule has 1 aromatic rings. The Hall–Kier alpha value is -1.35. The highest BCUT2D eigenvalue weighted by molar-refractivity contribution is 5.78. The van der Waals surface area contributed by atoms with Crippen LogP contribution in [0.5, 0.6) is 0 Å². The second-order valence-electron chi connectivity index (χ2n) is 6.74. The zero-order valence-electron chi connectivity index (χ0n) is 13.0. The van der Waals surface area contributed by atoms with E-state index in [-0.39, 0.29) is 11.3 Å². The number of benzene rings is 1. The second-order valence-corrected chi connectivity index (χ2v) is 6.74. The third kappa shape index (κ3) is 3.46. The lowest BCUT2D eigenvalue weighted by atomic mass is 9.96. The molecular weight excluding hydrogens is 260 g/mol. The molecule has 1 amide bonds. The molecule has 0 aromatic heterocycles. The molecule has 1 aromatic carbocycles. The molecule has 1 unspecified atom stereocenters. The van der Waals surface area contributed by atoms with E-state index in [4.69, 9.17) is 0 Å². The Labute approximate surface area is 127 Å². The highest BCUT2D eigenvalue weighted by Gasteiger charge is 2.44. The molecule has 2 aliphatic rings. The molecule has 21 heavy (non-hydrogen) atoms. The maximum absolute atomic E-state index is 12.2. The van der Waals surface area contributed by atoms with Crippen LogP contribution in [-0.2, 0) is 10.2 Å². The number of piperidine rings is 1. The standard InChI is InChI=1S/C18H26N2O/c1-15-7-5-6-12-20(15)13-17(21)19-14-18(10-11-18)16-8-3-2-4-9-16/h2-4,8-9,15H,5-7,10-14H2,1H3,(H,19,21). The number of hydrogen-bond donors (Lipinski definition) is 1. The van der Waals surface area contributed by atoms with E-state index in [0.717, 1.165) is 13.1 Å². The van der Waals surface area contributed by atoms with E-state index < -0.39 is 0 Å². The quantitative estimate of drug-likeness (QED) is 0.902. The number of nitrogens with one attached hydrogen (secondary N) is 1. The summed E-state index contributed by atoms with van der Waals surface area (Å²) in [6.07, 6.45) is 6.14. The molecule has 1 aliphatic carbocycles. The van der Waals surface area contributed by atoms with Crippen molar-refractivity contribution < 1.29 is 4.79 Å². The van der Waals surface area contributed by atoms with Gasteiger partial charge >= 0.3 is 0 Å². The van der Waals surface area contributed by atoms with Crippen LogP contribution < -0.4 is 5.32 Å². The molecule has 1 heterocycles. The van der Waals surface area contributed by atoms with Gasteiger partial charge in [-0.15, -0.1) is 0 Å². The van der Waals surface area contributed by atoms with Crippen LogP contribution in [0.2, 0.25) is 0 Å². The van der Waals surface area contributed by atoms with Crippen molar-refractivity contribution in [2.24, 2.45) is 0 Å². The minimum atomic E-state index is 0.186. The van der Waals surface area contributed by atoms with Crippen molar-refractivity contribution in [2.75, 3.05) is 19.6 Å². The van der Waals surface area contributed by atoms with Crippen LogP contribution in [0.1, 0.15) is 44.6 Å². The van der Waals surface area contributed by atoms with Crippen molar-refractivity contribution in [1.82, 2.24) is 10.2 Å². The van der Waals surface area contributed by atoms with E-state index in [1.807, 2.05) is 0 Å². The molecule has 0 radical (unpaired) electrons. The van der Waals surface area contributed by atoms with Gasteiger partial charge in [0.2, 0.25) is 5.91 Å². The monoisotopic (exact) mass is 286 g/mol. The molecule has 1 atom stereocenters. The van der Waals surface area contributed by atoms with Gasteiger partial charge in [0.15, 0.2) is 0 Å². The van der Waals surface area contributed by atoms with Gasteiger partial charge < -0.3 is 5.32 Å². The summed E-state index contributed by atoms with van der Waals surface area (Å²) in [5.41, 5.74) is 1.58. The average molecular weight is 286 g/mol. The Morgan fingerprint density at radius 3 is 2.71 bits per heavy atom. The van der Waals surface area contributed by atoms with Crippen LogP contribution in [0.15, 0.2) is 30.3 Å². The topological polar surface area (TPSA) is 32.3 Å². The van der Waals surface area contributed by atoms with Gasteiger partial charge in [0, 0.05) is 18.0 Å². The third-order valence-corrected chi connectivity index (χ3v) is 5.15. The van der Waals surface area contributed by atoms with Crippen molar-refractivity contribution >= 4 is 5.91 Å². The van der Waals surface area contributed by atoms with Crippen LogP contribution in [0.3, 0.4) is 0 Å². The molecule has 1 saturated carbocycles. The number of carbonyl (C=O) groups is 1. The molecule has 114 valence electrons. The van der Waals surface area contributed by atoms with Gasteiger partial charge in [-0.3, -0.25) is 9.69 Å². The van der Waals surface area contributed by atoms with E-state index in [9.17, 15) is 4.79 Å². The lowest BCUT2D eigenvalue weighted by Crippen LogP contribution is -2.45. The van der Waals surface area contributed by atoms with Crippen LogP contribution in [0.4, 0.5) is 0 Å². The Morgan fingerprint density at radius 2 is 2.05 bits per heavy atom. The van der Waals surface area contributed by atoms with Crippen LogP contribution in [0.25, 0.3) is 0 Å². The van der Waals surface area contributed by atoms with E-state index >= 15 is 0 Å². The molecule has 3 heteroatoms. The first-order valence-corrected chi connectivity index (χ1v) is 8.26. The maximum atomic E-state index is 12.2. The predicted octanol–water partition coefficient (Wildman–Crippen LogP) is 2.71. The van der Waals surface area contributed by atoms with Gasteiger partial charge in [-0.25, -0.2) is 0 Å². The van der Waals surface area contributed by atoms with E-state index in [2.05, 4.69) is 47.5 Å². The summed E-state index contributed by atoms with van der Waals surface area (Å²) in [5, 5.41) is 3.17. The second kappa shape index (κ2) is 6.18. The number of rotatable bonds is 5. The molecule has 0 bridgehead atoms. The maximum Gasteiger partial charge on any atom is 0.234 e. The zero-order valence-corrected chi connectivity index (χ0v) is 13.0. The molecular formula is C18H26N2O. The number of amides is 1. The number of likely N-dealkylation sites (tertiary alicyclic amines) is 1. The summed E-state index contributed by atoms with van der Waals surface area (Å²) in [5.74, 6) is 0.186. The Kier molecular flexibility index (Phi) is 4.29. The Morgan fingerprint density at radius 1 is 1.29 bits per heavy atom. The van der Waals surface area contributed by atoms with E-state index in [0.29, 0.717) is 12.6 Å². The van der Waals surface area contributed by atoms with Crippen molar-refractivity contribution in [3.63, 3.8) is 0 Å². The largest absolute Gasteiger partial charge is 0.354 e. The van der Waals surface area contributed by atoms with Crippen molar-refractivity contribution in [3.05, 3.63) is 35.9 Å². The third-order valence-electron chi connectivity index (χ3n) is 5.15. The Bertz CT molecular complexity index is 481. The lowest BCUT2D eigenvalue weighted by molar-refractivity contribution is -0.123. The first-order valence-electron chi connectivity index (χ1n) is 8.26. The predicted molar refractivity (Wildman–Crippen MR) is 85.2 cm³/mol. The highest BCUT2D eigenvalue weighted by atomic mass is 16.2. The Balaban J connectivity index is 1.50. The molecule has 2 fully saturated rings. The van der Waals surface area contributed by atoms with Gasteiger partial charge in [0.25, 0.3) is 0 Å². The van der Waals surface area contributed by atoms with Crippen LogP contribution >= 0.6 is 0 Å². The van der Waals surface area contributed by atoms with Gasteiger partial charge in [0.05, 0.1) is 6.54 Å². The first kappa shape index (κ1) is 14.6. The molecule has 1 saturated heterocycles. The summed E-state index contributed by atoms with van der Waals surface area (Å²) in [4.78, 5) is 14.5. The SMILES string of the molecule is CC1CCCCN1CC(=O)NCC1(c2ccccc2)CC1. The van der Waals surface area contributed by atoms with Crippen molar-refractivity contribution in [3.8, 4) is 0 Å². The molecule has 1 aliphatic heterocycles. The fourth-order valence-corrected chi connectivity index (χ4v) is 3.41. The summed E-state index contributed by atoms with van der Waals surface area (Å²) in [6, 6.07) is 11.2. The van der Waals surface area contributed by atoms with Crippen LogP contribution in [-0.4, -0.2) is 36.5 Å². The molecule has 3 rings (SSSR count). The molecule has 3 nitrogen and oxygen atoms in total. The molecule has 1 N–H and O–H groups in total. The number of nitrogens with zero attached hydrogens (tertiary/aromatic N) is 1. The summed E-state index contributed by atoms with van der Waals surface area (Å²) in [6.45, 7) is 4.65. The van der Waals surface area contributed by atoms with E-state index in [1.54, 1.807) is 0 Å². The zero-order chi connectivity index (χ0) is 14.7. The van der Waals surface area contributed by atoms with Gasteiger partial charge in [-0.2, -0.15) is 0 Å². The van der Waals surface area contributed by atoms with Crippen LogP contribution in [0, 0.1) is 0 Å². The number of carbonyl (C=O) groups excluding carboxylic acids is 1. The normalized spacial score (nSPS) is 24.5. The smallest absolute Gasteiger partial charge is 0.234 e. The van der Waals surface area contributed by atoms with Gasteiger partial charge in [0.1, 0.15) is 0 Å². The van der Waals surface area contributed by atoms with Crippen molar-refractivity contribution in [2.45, 2.75) is 50.5 Å². The summed E-state index contributed by atoms with van der Waals surface area (Å²) >= 11 is 0. The minimum Gasteiger partial charge on any atom is -0.354 e. The fraction of sp³-hybridized carbons (Fsp3) is 0.611. The van der Waals surface area contributed by atoms with Gasteiger partial charge in [-0.1, -0.05) is 36.8 Å². The average Bonchev–Trinajstić information content (AvgIpc) is 3.30. The molecule has 0 spiro atoms. The fourth-order valence-electron chi connectivity index (χ4n) is 3.41. The van der Waals surface area contributed by atoms with Crippen molar-refractivity contribution in [1.29, 1.82) is 0 Å². The lowest BCUT2D eigenvalue weighted by Gasteiger charge is -2.32.